The number of nitrogens with one attached hydrogen (secondary N) is 1. The molecular weight excluding hydrogens is 300 g/mol. The molecule has 1 fully saturated rings. The molecule has 1 aliphatic rings. The van der Waals surface area contributed by atoms with Crippen LogP contribution in [0.3, 0.4) is 0 Å². The molecule has 5 nitrogen and oxygen atoms in total. The van der Waals surface area contributed by atoms with E-state index in [0.717, 1.165) is 31.6 Å². The quantitative estimate of drug-likeness (QED) is 0.941. The minimum atomic E-state index is 0.0472. The first kappa shape index (κ1) is 15.1. The van der Waals surface area contributed by atoms with Crippen LogP contribution in [0, 0.1) is 0 Å². The van der Waals surface area contributed by atoms with Gasteiger partial charge in [-0.25, -0.2) is 4.68 Å². The first-order valence-electron chi connectivity index (χ1n) is 7.45. The van der Waals surface area contributed by atoms with Gasteiger partial charge in [0.25, 0.3) is 5.91 Å². The fourth-order valence-corrected chi connectivity index (χ4v) is 3.09. The lowest BCUT2D eigenvalue weighted by Crippen LogP contribution is -2.40. The fourth-order valence-electron chi connectivity index (χ4n) is 2.91. The van der Waals surface area contributed by atoms with Crippen molar-refractivity contribution in [3.05, 3.63) is 47.2 Å². The summed E-state index contributed by atoms with van der Waals surface area (Å²) in [5.74, 6) is 0.0472. The fraction of sp³-hybridized carbons (Fsp3) is 0.375. The van der Waals surface area contributed by atoms with Gasteiger partial charge in [-0.3, -0.25) is 4.79 Å². The summed E-state index contributed by atoms with van der Waals surface area (Å²) in [6, 6.07) is 7.68. The maximum Gasteiger partial charge on any atom is 0.257 e. The zero-order chi connectivity index (χ0) is 15.5. The van der Waals surface area contributed by atoms with Crippen LogP contribution in [-0.2, 0) is 0 Å². The molecule has 1 amide bonds. The van der Waals surface area contributed by atoms with Gasteiger partial charge in [-0.1, -0.05) is 17.7 Å². The van der Waals surface area contributed by atoms with Crippen LogP contribution in [0.4, 0.5) is 0 Å². The van der Waals surface area contributed by atoms with E-state index >= 15 is 0 Å². The molecule has 2 heterocycles. The van der Waals surface area contributed by atoms with Crippen LogP contribution in [0.25, 0.3) is 5.69 Å². The molecule has 0 saturated carbocycles. The summed E-state index contributed by atoms with van der Waals surface area (Å²) >= 11 is 6.00. The first-order chi connectivity index (χ1) is 10.7. The highest BCUT2D eigenvalue weighted by molar-refractivity contribution is 6.30. The number of rotatable bonds is 4. The normalized spacial score (nSPS) is 17.9. The lowest BCUT2D eigenvalue weighted by Gasteiger charge is -2.23. The molecule has 1 aromatic heterocycles. The van der Waals surface area contributed by atoms with Gasteiger partial charge < -0.3 is 10.2 Å². The van der Waals surface area contributed by atoms with E-state index in [-0.39, 0.29) is 11.9 Å². The number of nitrogens with zero attached hydrogens (tertiary/aromatic N) is 3. The number of carbonyl (C=O) groups is 1. The van der Waals surface area contributed by atoms with Crippen LogP contribution in [0.5, 0.6) is 0 Å². The Labute approximate surface area is 134 Å². The van der Waals surface area contributed by atoms with E-state index < -0.39 is 0 Å². The second-order valence-electron chi connectivity index (χ2n) is 5.51. The minimum Gasteiger partial charge on any atom is -0.334 e. The van der Waals surface area contributed by atoms with E-state index in [9.17, 15) is 4.79 Å². The van der Waals surface area contributed by atoms with Crippen molar-refractivity contribution in [1.29, 1.82) is 0 Å². The standard InChI is InChI=1S/C16H19ClN4O/c1-18-10-15-6-3-7-20(15)16(22)12-9-19-21(11-12)14-5-2-4-13(17)8-14/h2,4-5,8-9,11,15,18H,3,6-7,10H2,1H3. The molecule has 1 atom stereocenters. The Morgan fingerprint density at radius 3 is 3.14 bits per heavy atom. The molecular formula is C16H19ClN4O. The molecule has 1 aliphatic heterocycles. The van der Waals surface area contributed by atoms with Gasteiger partial charge in [0.15, 0.2) is 0 Å². The van der Waals surface area contributed by atoms with Gasteiger partial charge >= 0.3 is 0 Å². The third kappa shape index (κ3) is 3.00. The summed E-state index contributed by atoms with van der Waals surface area (Å²) in [6.45, 7) is 1.64. The molecule has 6 heteroatoms. The lowest BCUT2D eigenvalue weighted by molar-refractivity contribution is 0.0737. The summed E-state index contributed by atoms with van der Waals surface area (Å²) in [7, 11) is 1.91. The molecule has 1 saturated heterocycles. The van der Waals surface area contributed by atoms with Gasteiger partial charge in [0.1, 0.15) is 0 Å². The number of likely N-dealkylation sites (N-methyl/N-ethyl adjacent to an activating group) is 1. The molecule has 0 bridgehead atoms. The highest BCUT2D eigenvalue weighted by Gasteiger charge is 2.29. The van der Waals surface area contributed by atoms with Crippen molar-refractivity contribution in [2.75, 3.05) is 20.1 Å². The van der Waals surface area contributed by atoms with E-state index in [0.29, 0.717) is 10.6 Å². The van der Waals surface area contributed by atoms with Gasteiger partial charge in [0.2, 0.25) is 0 Å². The number of amides is 1. The second kappa shape index (κ2) is 6.50. The molecule has 0 radical (unpaired) electrons. The van der Waals surface area contributed by atoms with E-state index in [1.165, 1.54) is 0 Å². The predicted octanol–water partition coefficient (Wildman–Crippen LogP) is 2.35. The van der Waals surface area contributed by atoms with Crippen LogP contribution < -0.4 is 5.32 Å². The summed E-state index contributed by atoms with van der Waals surface area (Å²) < 4.78 is 1.68. The predicted molar refractivity (Wildman–Crippen MR) is 86.6 cm³/mol. The topological polar surface area (TPSA) is 50.2 Å². The highest BCUT2D eigenvalue weighted by atomic mass is 35.5. The molecule has 1 aromatic carbocycles. The lowest BCUT2D eigenvalue weighted by atomic mass is 10.2. The van der Waals surface area contributed by atoms with Crippen molar-refractivity contribution in [1.82, 2.24) is 20.0 Å². The number of aromatic nitrogens is 2. The average molecular weight is 319 g/mol. The molecule has 0 aliphatic carbocycles. The third-order valence-corrected chi connectivity index (χ3v) is 4.22. The molecule has 3 rings (SSSR count). The van der Waals surface area contributed by atoms with E-state index in [4.69, 9.17) is 11.6 Å². The molecule has 2 aromatic rings. The van der Waals surface area contributed by atoms with Crippen LogP contribution in [-0.4, -0.2) is 46.8 Å². The van der Waals surface area contributed by atoms with Crippen molar-refractivity contribution in [2.45, 2.75) is 18.9 Å². The number of carbonyl (C=O) groups excluding carboxylic acids is 1. The van der Waals surface area contributed by atoms with Crippen molar-refractivity contribution in [3.63, 3.8) is 0 Å². The zero-order valence-electron chi connectivity index (χ0n) is 12.5. The Kier molecular flexibility index (Phi) is 4.45. The zero-order valence-corrected chi connectivity index (χ0v) is 13.3. The third-order valence-electron chi connectivity index (χ3n) is 3.98. The van der Waals surface area contributed by atoms with Crippen LogP contribution in [0.2, 0.25) is 5.02 Å². The average Bonchev–Trinajstić information content (AvgIpc) is 3.16. The van der Waals surface area contributed by atoms with Gasteiger partial charge in [-0.15, -0.1) is 0 Å². The van der Waals surface area contributed by atoms with Crippen molar-refractivity contribution >= 4 is 17.5 Å². The number of hydrogen-bond acceptors (Lipinski definition) is 3. The summed E-state index contributed by atoms with van der Waals surface area (Å²) in [6.07, 6.45) is 5.50. The van der Waals surface area contributed by atoms with Crippen molar-refractivity contribution < 1.29 is 4.79 Å². The Balaban J connectivity index is 1.80. The number of halogens is 1. The number of likely N-dealkylation sites (tertiary alicyclic amines) is 1. The van der Waals surface area contributed by atoms with Crippen LogP contribution >= 0.6 is 11.6 Å². The van der Waals surface area contributed by atoms with Crippen molar-refractivity contribution in [2.24, 2.45) is 0 Å². The monoisotopic (exact) mass is 318 g/mol. The maximum absolute atomic E-state index is 12.7. The van der Waals surface area contributed by atoms with Crippen molar-refractivity contribution in [3.8, 4) is 5.69 Å². The van der Waals surface area contributed by atoms with Gasteiger partial charge in [0.05, 0.1) is 17.4 Å². The van der Waals surface area contributed by atoms with E-state index in [1.54, 1.807) is 17.1 Å². The number of benzene rings is 1. The SMILES string of the molecule is CNCC1CCCN1C(=O)c1cnn(-c2cccc(Cl)c2)c1. The van der Waals surface area contributed by atoms with E-state index in [2.05, 4.69) is 10.4 Å². The Morgan fingerprint density at radius 2 is 2.36 bits per heavy atom. The summed E-state index contributed by atoms with van der Waals surface area (Å²) in [5, 5.41) is 8.09. The van der Waals surface area contributed by atoms with Gasteiger partial charge in [0, 0.05) is 30.4 Å². The molecule has 0 spiro atoms. The second-order valence-corrected chi connectivity index (χ2v) is 5.94. The van der Waals surface area contributed by atoms with Gasteiger partial charge in [-0.05, 0) is 38.1 Å². The highest BCUT2D eigenvalue weighted by Crippen LogP contribution is 2.20. The molecule has 116 valence electrons. The summed E-state index contributed by atoms with van der Waals surface area (Å²) in [5.41, 5.74) is 1.46. The molecule has 22 heavy (non-hydrogen) atoms. The maximum atomic E-state index is 12.7. The van der Waals surface area contributed by atoms with Crippen LogP contribution in [0.15, 0.2) is 36.7 Å². The molecule has 1 N–H and O–H groups in total. The first-order valence-corrected chi connectivity index (χ1v) is 7.83. The smallest absolute Gasteiger partial charge is 0.257 e. The summed E-state index contributed by atoms with van der Waals surface area (Å²) in [4.78, 5) is 14.6. The van der Waals surface area contributed by atoms with Gasteiger partial charge in [-0.2, -0.15) is 5.10 Å². The minimum absolute atomic E-state index is 0.0472. The largest absolute Gasteiger partial charge is 0.334 e. The Bertz CT molecular complexity index is 670. The van der Waals surface area contributed by atoms with Crippen LogP contribution in [0.1, 0.15) is 23.2 Å². The number of hydrogen-bond donors (Lipinski definition) is 1. The van der Waals surface area contributed by atoms with E-state index in [1.807, 2.05) is 36.2 Å². The Morgan fingerprint density at radius 1 is 1.50 bits per heavy atom. The molecule has 1 unspecified atom stereocenters. The Hall–Kier alpha value is -1.85.